The molecule has 174 valence electrons. The Hall–Kier alpha value is -3.08. The van der Waals surface area contributed by atoms with E-state index in [1.807, 2.05) is 0 Å². The molecular weight excluding hydrogens is 437 g/mol. The molecule has 1 saturated carbocycles. The number of nitrogens with one attached hydrogen (secondary N) is 1. The Morgan fingerprint density at radius 2 is 2.00 bits per heavy atom. The lowest BCUT2D eigenvalue weighted by Gasteiger charge is -2.26. The van der Waals surface area contributed by atoms with Gasteiger partial charge in [0, 0.05) is 25.0 Å². The largest absolute Gasteiger partial charge is 0.391 e. The summed E-state index contributed by atoms with van der Waals surface area (Å²) in [5.74, 6) is -0.801. The fourth-order valence-corrected chi connectivity index (χ4v) is 4.89. The van der Waals surface area contributed by atoms with Crippen LogP contribution in [0.25, 0.3) is 0 Å². The van der Waals surface area contributed by atoms with Gasteiger partial charge in [-0.2, -0.15) is 0 Å². The minimum Gasteiger partial charge on any atom is -0.391 e. The number of aliphatic imine (C=N–C) groups is 1. The monoisotopic (exact) mass is 460 g/mol. The molecule has 2 N–H and O–H groups in total. The first-order chi connectivity index (χ1) is 15.8. The third kappa shape index (κ3) is 3.94. The molecule has 0 radical (unpaired) electrons. The Labute approximate surface area is 188 Å². The number of pyridine rings is 1. The summed E-state index contributed by atoms with van der Waals surface area (Å²) in [6, 6.07) is 0.0277. The SMILES string of the molecule is Cc1ncc(F)cc1[C@H]1C[C@H](F)CN1C(=O)C1=NCc2ncnc(N[C@@H]3C[C@@H](F)C[C@H]3O)c21. The molecule has 0 bridgehead atoms. The van der Waals surface area contributed by atoms with Crippen LogP contribution in [0.2, 0.25) is 0 Å². The van der Waals surface area contributed by atoms with Crippen LogP contribution in [-0.2, 0) is 11.3 Å². The van der Waals surface area contributed by atoms with Crippen molar-refractivity contribution in [2.45, 2.75) is 63.3 Å². The number of amides is 1. The molecule has 1 saturated heterocycles. The summed E-state index contributed by atoms with van der Waals surface area (Å²) in [7, 11) is 0. The van der Waals surface area contributed by atoms with Crippen molar-refractivity contribution in [2.75, 3.05) is 11.9 Å². The predicted molar refractivity (Wildman–Crippen MR) is 113 cm³/mol. The number of nitrogens with zero attached hydrogens (tertiary/aromatic N) is 5. The van der Waals surface area contributed by atoms with Crippen molar-refractivity contribution >= 4 is 17.4 Å². The Kier molecular flexibility index (Phi) is 5.51. The van der Waals surface area contributed by atoms with E-state index in [0.29, 0.717) is 22.5 Å². The molecule has 0 aromatic carbocycles. The first-order valence-electron chi connectivity index (χ1n) is 10.9. The lowest BCUT2D eigenvalue weighted by molar-refractivity contribution is -0.125. The quantitative estimate of drug-likeness (QED) is 0.725. The van der Waals surface area contributed by atoms with Gasteiger partial charge < -0.3 is 15.3 Å². The number of anilines is 1. The lowest BCUT2D eigenvalue weighted by Crippen LogP contribution is -2.38. The van der Waals surface area contributed by atoms with Crippen LogP contribution < -0.4 is 5.32 Å². The molecule has 8 nitrogen and oxygen atoms in total. The smallest absolute Gasteiger partial charge is 0.273 e. The summed E-state index contributed by atoms with van der Waals surface area (Å²) >= 11 is 0. The molecule has 11 heteroatoms. The first kappa shape index (κ1) is 21.7. The number of likely N-dealkylation sites (tertiary alicyclic amines) is 1. The summed E-state index contributed by atoms with van der Waals surface area (Å²) in [6.07, 6.45) is -0.722. The van der Waals surface area contributed by atoms with Gasteiger partial charge in [-0.1, -0.05) is 0 Å². The van der Waals surface area contributed by atoms with Crippen molar-refractivity contribution in [3.8, 4) is 0 Å². The van der Waals surface area contributed by atoms with Gasteiger partial charge in [-0.3, -0.25) is 14.8 Å². The number of carbonyl (C=O) groups is 1. The number of aromatic nitrogens is 3. The maximum Gasteiger partial charge on any atom is 0.273 e. The zero-order valence-electron chi connectivity index (χ0n) is 17.9. The Morgan fingerprint density at radius 3 is 2.76 bits per heavy atom. The van der Waals surface area contributed by atoms with Gasteiger partial charge in [0.2, 0.25) is 0 Å². The third-order valence-corrected chi connectivity index (χ3v) is 6.51. The molecule has 2 fully saturated rings. The topological polar surface area (TPSA) is 104 Å². The second-order valence-electron chi connectivity index (χ2n) is 8.73. The Balaban J connectivity index is 1.45. The molecule has 5 atom stereocenters. The van der Waals surface area contributed by atoms with E-state index in [1.165, 1.54) is 17.3 Å². The number of carbonyl (C=O) groups excluding carboxylic acids is 1. The van der Waals surface area contributed by atoms with Crippen LogP contribution in [0.4, 0.5) is 19.0 Å². The van der Waals surface area contributed by atoms with Gasteiger partial charge in [-0.05, 0) is 18.6 Å². The van der Waals surface area contributed by atoms with Crippen molar-refractivity contribution < 1.29 is 23.1 Å². The number of alkyl halides is 2. The zero-order chi connectivity index (χ0) is 23.3. The van der Waals surface area contributed by atoms with Crippen molar-refractivity contribution in [1.29, 1.82) is 0 Å². The average molecular weight is 460 g/mol. The molecule has 2 aliphatic heterocycles. The van der Waals surface area contributed by atoms with Gasteiger partial charge in [-0.15, -0.1) is 0 Å². The van der Waals surface area contributed by atoms with Gasteiger partial charge in [-0.25, -0.2) is 23.1 Å². The molecule has 33 heavy (non-hydrogen) atoms. The van der Waals surface area contributed by atoms with E-state index in [4.69, 9.17) is 0 Å². The average Bonchev–Trinajstić information content (AvgIpc) is 3.46. The first-order valence-corrected chi connectivity index (χ1v) is 10.9. The van der Waals surface area contributed by atoms with Crippen LogP contribution in [0.3, 0.4) is 0 Å². The summed E-state index contributed by atoms with van der Waals surface area (Å²) in [5, 5.41) is 13.2. The van der Waals surface area contributed by atoms with E-state index < -0.39 is 42.3 Å². The van der Waals surface area contributed by atoms with E-state index in [0.717, 1.165) is 6.20 Å². The molecule has 0 unspecified atom stereocenters. The highest BCUT2D eigenvalue weighted by Gasteiger charge is 2.42. The normalized spacial score (nSPS) is 28.7. The van der Waals surface area contributed by atoms with E-state index >= 15 is 0 Å². The summed E-state index contributed by atoms with van der Waals surface area (Å²) in [6.45, 7) is 1.67. The number of aliphatic hydroxyl groups excluding tert-OH is 1. The predicted octanol–water partition coefficient (Wildman–Crippen LogP) is 2.21. The van der Waals surface area contributed by atoms with Gasteiger partial charge in [0.15, 0.2) is 0 Å². The molecule has 1 amide bonds. The van der Waals surface area contributed by atoms with E-state index in [-0.39, 0.29) is 43.9 Å². The molecule has 3 aliphatic rings. The number of aryl methyl sites for hydroxylation is 1. The second kappa shape index (κ2) is 8.36. The molecular formula is C22H23F3N6O2. The minimum atomic E-state index is -1.28. The van der Waals surface area contributed by atoms with E-state index in [1.54, 1.807) is 6.92 Å². The van der Waals surface area contributed by atoms with Gasteiger partial charge in [0.25, 0.3) is 5.91 Å². The summed E-state index contributed by atoms with van der Waals surface area (Å²) < 4.78 is 42.1. The van der Waals surface area contributed by atoms with Crippen LogP contribution >= 0.6 is 0 Å². The Bertz CT molecular complexity index is 1130. The molecule has 1 aliphatic carbocycles. The molecule has 0 spiro atoms. The molecule has 2 aromatic rings. The number of fused-ring (bicyclic) bond motifs is 1. The molecule has 4 heterocycles. The standard InChI is InChI=1S/C22H23F3N6O2/c1-10-14(2-12(24)6-26-10)17-4-13(25)8-31(17)22(33)20-19-16(7-27-20)28-9-29-21(19)30-15-3-11(23)5-18(15)32/h2,6,9,11,13,15,17-18,32H,3-5,7-8H2,1H3,(H,28,29,30)/t11-,13+,15-,17-,18-/m1/s1. The second-order valence-corrected chi connectivity index (χ2v) is 8.73. The molecule has 5 rings (SSSR count). The van der Waals surface area contributed by atoms with Gasteiger partial charge in [0.05, 0.1) is 48.7 Å². The van der Waals surface area contributed by atoms with Crippen LogP contribution in [0, 0.1) is 12.7 Å². The highest BCUT2D eigenvalue weighted by atomic mass is 19.1. The number of rotatable bonds is 4. The van der Waals surface area contributed by atoms with Crippen molar-refractivity contribution in [1.82, 2.24) is 19.9 Å². The Morgan fingerprint density at radius 1 is 1.18 bits per heavy atom. The zero-order valence-corrected chi connectivity index (χ0v) is 17.9. The highest BCUT2D eigenvalue weighted by molar-refractivity contribution is 6.47. The van der Waals surface area contributed by atoms with Gasteiger partial charge in [0.1, 0.15) is 36.0 Å². The molecule has 2 aromatic heterocycles. The maximum absolute atomic E-state index is 14.5. The number of hydrogen-bond acceptors (Lipinski definition) is 7. The van der Waals surface area contributed by atoms with Gasteiger partial charge >= 0.3 is 0 Å². The van der Waals surface area contributed by atoms with Crippen LogP contribution in [0.15, 0.2) is 23.6 Å². The van der Waals surface area contributed by atoms with Crippen LogP contribution in [-0.4, -0.2) is 67.6 Å². The fraction of sp³-hybridized carbons (Fsp3) is 0.500. The van der Waals surface area contributed by atoms with Crippen molar-refractivity contribution in [3.05, 3.63) is 46.9 Å². The van der Waals surface area contributed by atoms with E-state index in [9.17, 15) is 23.1 Å². The van der Waals surface area contributed by atoms with Crippen LogP contribution in [0.5, 0.6) is 0 Å². The summed E-state index contributed by atoms with van der Waals surface area (Å²) in [5.41, 5.74) is 1.92. The maximum atomic E-state index is 14.5. The number of aliphatic hydroxyl groups is 1. The number of hydrogen-bond donors (Lipinski definition) is 2. The minimum absolute atomic E-state index is 0.0270. The van der Waals surface area contributed by atoms with Crippen molar-refractivity contribution in [2.24, 2.45) is 4.99 Å². The highest BCUT2D eigenvalue weighted by Crippen LogP contribution is 2.37. The summed E-state index contributed by atoms with van der Waals surface area (Å²) in [4.78, 5) is 31.7. The third-order valence-electron chi connectivity index (χ3n) is 6.51. The number of halogens is 3. The van der Waals surface area contributed by atoms with E-state index in [2.05, 4.69) is 25.3 Å². The lowest BCUT2D eigenvalue weighted by atomic mass is 10.0. The van der Waals surface area contributed by atoms with Crippen molar-refractivity contribution in [3.63, 3.8) is 0 Å². The fourth-order valence-electron chi connectivity index (χ4n) is 4.89. The van der Waals surface area contributed by atoms with Crippen LogP contribution in [0.1, 0.15) is 47.8 Å².